The summed E-state index contributed by atoms with van der Waals surface area (Å²) in [5, 5.41) is 4.17. The van der Waals surface area contributed by atoms with Crippen LogP contribution in [0.15, 0.2) is 41.1 Å². The number of carbonyl (C=O) groups is 1. The molecule has 2 N–H and O–H groups in total. The Labute approximate surface area is 117 Å². The van der Waals surface area contributed by atoms with Crippen molar-refractivity contribution in [1.29, 1.82) is 0 Å². The predicted octanol–water partition coefficient (Wildman–Crippen LogP) is 2.38. The molecule has 0 fully saturated rings. The SMILES string of the molecule is COC(=O)C(N)Cc1cscc1Cc1ccccc1. The summed E-state index contributed by atoms with van der Waals surface area (Å²) in [6.45, 7) is 0. The molecule has 1 atom stereocenters. The van der Waals surface area contributed by atoms with Crippen molar-refractivity contribution in [1.82, 2.24) is 0 Å². The van der Waals surface area contributed by atoms with E-state index in [0.29, 0.717) is 6.42 Å². The first-order valence-corrected chi connectivity index (χ1v) is 7.06. The molecule has 0 amide bonds. The van der Waals surface area contributed by atoms with Crippen LogP contribution < -0.4 is 5.73 Å². The Morgan fingerprint density at radius 1 is 1.26 bits per heavy atom. The van der Waals surface area contributed by atoms with Crippen molar-refractivity contribution in [3.63, 3.8) is 0 Å². The molecule has 2 aromatic rings. The Kier molecular flexibility index (Phi) is 4.71. The fraction of sp³-hybridized carbons (Fsp3) is 0.267. The van der Waals surface area contributed by atoms with Crippen molar-refractivity contribution < 1.29 is 9.53 Å². The van der Waals surface area contributed by atoms with Gasteiger partial charge in [0.25, 0.3) is 0 Å². The summed E-state index contributed by atoms with van der Waals surface area (Å²) in [5.74, 6) is -0.364. The second-order valence-electron chi connectivity index (χ2n) is 4.42. The van der Waals surface area contributed by atoms with Gasteiger partial charge in [-0.2, -0.15) is 11.3 Å². The van der Waals surface area contributed by atoms with Crippen LogP contribution in [0.2, 0.25) is 0 Å². The van der Waals surface area contributed by atoms with Gasteiger partial charge in [-0.15, -0.1) is 0 Å². The summed E-state index contributed by atoms with van der Waals surface area (Å²) in [6.07, 6.45) is 1.39. The Morgan fingerprint density at radius 3 is 2.63 bits per heavy atom. The highest BCUT2D eigenvalue weighted by atomic mass is 32.1. The van der Waals surface area contributed by atoms with Gasteiger partial charge >= 0.3 is 5.97 Å². The van der Waals surface area contributed by atoms with Gasteiger partial charge in [-0.1, -0.05) is 30.3 Å². The number of methoxy groups -OCH3 is 1. The van der Waals surface area contributed by atoms with Gasteiger partial charge in [0.15, 0.2) is 0 Å². The van der Waals surface area contributed by atoms with Crippen molar-refractivity contribution in [2.24, 2.45) is 5.73 Å². The van der Waals surface area contributed by atoms with Crippen molar-refractivity contribution >= 4 is 17.3 Å². The van der Waals surface area contributed by atoms with E-state index in [9.17, 15) is 4.79 Å². The highest BCUT2D eigenvalue weighted by molar-refractivity contribution is 7.08. The van der Waals surface area contributed by atoms with Crippen molar-refractivity contribution in [2.75, 3.05) is 7.11 Å². The molecule has 1 unspecified atom stereocenters. The van der Waals surface area contributed by atoms with E-state index < -0.39 is 6.04 Å². The molecule has 4 heteroatoms. The molecule has 0 bridgehead atoms. The predicted molar refractivity (Wildman–Crippen MR) is 77.3 cm³/mol. The number of ether oxygens (including phenoxy) is 1. The van der Waals surface area contributed by atoms with E-state index in [2.05, 4.69) is 27.6 Å². The molecule has 0 saturated heterocycles. The average Bonchev–Trinajstić information content (AvgIpc) is 2.86. The lowest BCUT2D eigenvalue weighted by molar-refractivity contribution is -0.142. The zero-order chi connectivity index (χ0) is 13.7. The van der Waals surface area contributed by atoms with Gasteiger partial charge in [-0.25, -0.2) is 0 Å². The fourth-order valence-corrected chi connectivity index (χ4v) is 2.85. The van der Waals surface area contributed by atoms with Crippen LogP contribution in [-0.4, -0.2) is 19.1 Å². The van der Waals surface area contributed by atoms with Gasteiger partial charge in [0.1, 0.15) is 6.04 Å². The van der Waals surface area contributed by atoms with Crippen LogP contribution in [0.1, 0.15) is 16.7 Å². The van der Waals surface area contributed by atoms with E-state index in [-0.39, 0.29) is 5.97 Å². The van der Waals surface area contributed by atoms with Crippen LogP contribution in [0, 0.1) is 0 Å². The standard InChI is InChI=1S/C15H17NO2S/c1-18-15(17)14(16)8-13-10-19-9-12(13)7-11-5-3-2-4-6-11/h2-6,9-10,14H,7-8,16H2,1H3. The number of hydrogen-bond acceptors (Lipinski definition) is 4. The molecule has 0 spiro atoms. The van der Waals surface area contributed by atoms with Crippen LogP contribution in [0.5, 0.6) is 0 Å². The molecule has 1 heterocycles. The number of hydrogen-bond donors (Lipinski definition) is 1. The molecular weight excluding hydrogens is 258 g/mol. The molecule has 0 radical (unpaired) electrons. The normalized spacial score (nSPS) is 12.1. The third-order valence-corrected chi connectivity index (χ3v) is 3.86. The van der Waals surface area contributed by atoms with Crippen LogP contribution in [0.4, 0.5) is 0 Å². The fourth-order valence-electron chi connectivity index (χ4n) is 1.97. The van der Waals surface area contributed by atoms with E-state index >= 15 is 0 Å². The van der Waals surface area contributed by atoms with Crippen LogP contribution in [-0.2, 0) is 22.4 Å². The second kappa shape index (κ2) is 6.50. The minimum absolute atomic E-state index is 0.364. The lowest BCUT2D eigenvalue weighted by Crippen LogP contribution is -2.33. The van der Waals surface area contributed by atoms with Gasteiger partial charge < -0.3 is 10.5 Å². The molecule has 0 saturated carbocycles. The number of rotatable bonds is 5. The maximum Gasteiger partial charge on any atom is 0.322 e. The average molecular weight is 275 g/mol. The minimum atomic E-state index is -0.589. The molecule has 19 heavy (non-hydrogen) atoms. The van der Waals surface area contributed by atoms with Gasteiger partial charge in [-0.3, -0.25) is 4.79 Å². The summed E-state index contributed by atoms with van der Waals surface area (Å²) in [6, 6.07) is 9.67. The van der Waals surface area contributed by atoms with Crippen LogP contribution in [0.3, 0.4) is 0 Å². The molecule has 1 aromatic carbocycles. The zero-order valence-corrected chi connectivity index (χ0v) is 11.7. The van der Waals surface area contributed by atoms with E-state index in [1.54, 1.807) is 11.3 Å². The van der Waals surface area contributed by atoms with E-state index in [4.69, 9.17) is 5.73 Å². The van der Waals surface area contributed by atoms with E-state index in [1.807, 2.05) is 18.2 Å². The highest BCUT2D eigenvalue weighted by Gasteiger charge is 2.16. The van der Waals surface area contributed by atoms with E-state index in [1.165, 1.54) is 18.2 Å². The highest BCUT2D eigenvalue weighted by Crippen LogP contribution is 2.20. The molecule has 100 valence electrons. The van der Waals surface area contributed by atoms with Crippen molar-refractivity contribution in [2.45, 2.75) is 18.9 Å². The molecule has 0 aliphatic heterocycles. The van der Waals surface area contributed by atoms with E-state index in [0.717, 1.165) is 12.0 Å². The summed E-state index contributed by atoms with van der Waals surface area (Å²) in [7, 11) is 1.36. The van der Waals surface area contributed by atoms with Gasteiger partial charge in [0.05, 0.1) is 7.11 Å². The molecule has 3 nitrogen and oxygen atoms in total. The largest absolute Gasteiger partial charge is 0.468 e. The van der Waals surface area contributed by atoms with Crippen molar-refractivity contribution in [3.8, 4) is 0 Å². The number of benzene rings is 1. The Hall–Kier alpha value is -1.65. The smallest absolute Gasteiger partial charge is 0.322 e. The molecule has 1 aromatic heterocycles. The third kappa shape index (κ3) is 3.66. The molecule has 0 aliphatic rings. The van der Waals surface area contributed by atoms with Gasteiger partial charge in [-0.05, 0) is 40.3 Å². The van der Waals surface area contributed by atoms with Gasteiger partial charge in [0.2, 0.25) is 0 Å². The Bertz CT molecular complexity index is 536. The van der Waals surface area contributed by atoms with Gasteiger partial charge in [0, 0.05) is 0 Å². The quantitative estimate of drug-likeness (QED) is 0.852. The monoisotopic (exact) mass is 275 g/mol. The topological polar surface area (TPSA) is 52.3 Å². The summed E-state index contributed by atoms with van der Waals surface area (Å²) < 4.78 is 4.66. The molecule has 2 rings (SSSR count). The van der Waals surface area contributed by atoms with Crippen molar-refractivity contribution in [3.05, 3.63) is 57.8 Å². The third-order valence-electron chi connectivity index (χ3n) is 3.01. The lowest BCUT2D eigenvalue weighted by Gasteiger charge is -2.10. The summed E-state index contributed by atoms with van der Waals surface area (Å²) in [5.41, 5.74) is 9.43. The first-order valence-electron chi connectivity index (χ1n) is 6.12. The maximum atomic E-state index is 11.4. The second-order valence-corrected chi connectivity index (χ2v) is 5.16. The Morgan fingerprint density at radius 2 is 1.95 bits per heavy atom. The number of esters is 1. The number of carbonyl (C=O) groups excluding carboxylic acids is 1. The minimum Gasteiger partial charge on any atom is -0.468 e. The van der Waals surface area contributed by atoms with Crippen LogP contribution >= 0.6 is 11.3 Å². The molecule has 0 aliphatic carbocycles. The zero-order valence-electron chi connectivity index (χ0n) is 10.8. The maximum absolute atomic E-state index is 11.4. The lowest BCUT2D eigenvalue weighted by atomic mass is 10.00. The number of nitrogens with two attached hydrogens (primary N) is 1. The summed E-state index contributed by atoms with van der Waals surface area (Å²) in [4.78, 5) is 11.4. The van der Waals surface area contributed by atoms with Crippen LogP contribution in [0.25, 0.3) is 0 Å². The summed E-state index contributed by atoms with van der Waals surface area (Å²) >= 11 is 1.64. The molecular formula is C15H17NO2S. The first-order chi connectivity index (χ1) is 9.20. The Balaban J connectivity index is 2.08. The number of thiophene rings is 1. The first kappa shape index (κ1) is 13.8.